The summed E-state index contributed by atoms with van der Waals surface area (Å²) in [5, 5.41) is 10.7. The molecule has 1 aromatic heterocycles. The van der Waals surface area contributed by atoms with Gasteiger partial charge in [-0.05, 0) is 77.0 Å². The molecule has 3 fully saturated rings. The van der Waals surface area contributed by atoms with Gasteiger partial charge in [-0.3, -0.25) is 14.6 Å². The van der Waals surface area contributed by atoms with E-state index < -0.39 is 66.5 Å². The molecule has 16 nitrogen and oxygen atoms in total. The van der Waals surface area contributed by atoms with Crippen molar-refractivity contribution >= 4 is 41.2 Å². The second-order valence-corrected chi connectivity index (χ2v) is 15.2. The lowest BCUT2D eigenvalue weighted by Crippen LogP contribution is -2.47. The van der Waals surface area contributed by atoms with Crippen LogP contribution in [0.1, 0.15) is 61.9 Å². The third-order valence-electron chi connectivity index (χ3n) is 10.9. The van der Waals surface area contributed by atoms with Crippen LogP contribution in [0.4, 0.5) is 28.9 Å². The van der Waals surface area contributed by atoms with Gasteiger partial charge in [0.05, 0.1) is 18.5 Å². The standard InChI is InChI=1S/C41H47FN4O10.C2HF3O2/c1-7-14-52-24(4)39(48)54-21-28-18-44-23(3)36(31(28)22-55-40(49)25(5)53-15-8-2)56-41(50)30-16-27-17-32(42)35(45-19-26-10-9-13-43-33(26)20-45)37(51-6)34(27)46(38(30)47)29-11-12-29;3-2(4,5)1(6)7/h1-2,17-18,24-26,29-30,33,43H,9-16,19-22H2,3-6H3;(H,6,7). The number of hydrogen-bond acceptors (Lipinski definition) is 14. The largest absolute Gasteiger partial charge is 0.492 e. The number of carbonyl (C=O) groups is 5. The summed E-state index contributed by atoms with van der Waals surface area (Å²) in [6.07, 6.45) is 8.16. The normalized spacial score (nSPS) is 20.1. The monoisotopic (exact) mass is 888 g/mol. The Labute approximate surface area is 360 Å². The maximum Gasteiger partial charge on any atom is 0.490 e. The van der Waals surface area contributed by atoms with Crippen LogP contribution in [0, 0.1) is 49.3 Å². The number of hydrogen-bond donors (Lipinski definition) is 2. The van der Waals surface area contributed by atoms with Crippen molar-refractivity contribution in [3.8, 4) is 36.2 Å². The molecule has 1 saturated carbocycles. The molecular weight excluding hydrogens is 840 g/mol. The summed E-state index contributed by atoms with van der Waals surface area (Å²) in [6.45, 7) is 5.66. The van der Waals surface area contributed by atoms with Gasteiger partial charge in [0.2, 0.25) is 5.91 Å². The molecule has 0 spiro atoms. The van der Waals surface area contributed by atoms with Gasteiger partial charge in [0.15, 0.2) is 29.5 Å². The number of piperidine rings is 1. The number of aliphatic carboxylic acids is 1. The number of pyridine rings is 1. The van der Waals surface area contributed by atoms with E-state index in [4.69, 9.17) is 51.2 Å². The van der Waals surface area contributed by atoms with Crippen LogP contribution in [-0.4, -0.2) is 110 Å². The van der Waals surface area contributed by atoms with Crippen LogP contribution in [0.15, 0.2) is 12.3 Å². The van der Waals surface area contributed by atoms with Crippen molar-refractivity contribution in [1.29, 1.82) is 0 Å². The van der Waals surface area contributed by atoms with Crippen molar-refractivity contribution in [3.05, 3.63) is 40.5 Å². The molecule has 6 rings (SSSR count). The Morgan fingerprint density at radius 2 is 1.60 bits per heavy atom. The van der Waals surface area contributed by atoms with E-state index in [-0.39, 0.29) is 66.6 Å². The average molecular weight is 889 g/mol. The van der Waals surface area contributed by atoms with Crippen molar-refractivity contribution < 1.29 is 75.1 Å². The highest BCUT2D eigenvalue weighted by Gasteiger charge is 2.48. The van der Waals surface area contributed by atoms with Gasteiger partial charge in [-0.25, -0.2) is 18.8 Å². The summed E-state index contributed by atoms with van der Waals surface area (Å²) in [5.41, 5.74) is 1.86. The number of rotatable bonds is 15. The molecule has 5 atom stereocenters. The SMILES string of the molecule is C#CCOC(C)C(=O)OCc1cnc(C)c(OC(=O)C2Cc3cc(F)c(N4CC5CCCNC5C4)c(OC)c3N(C3CC3)C2=O)c1COC(=O)C(C)OCC#C.O=C(O)C(F)(F)F. The number of carbonyl (C=O) groups excluding carboxylic acids is 4. The third kappa shape index (κ3) is 11.5. The van der Waals surface area contributed by atoms with Gasteiger partial charge < -0.3 is 48.6 Å². The Morgan fingerprint density at radius 3 is 2.16 bits per heavy atom. The maximum atomic E-state index is 16.3. The van der Waals surface area contributed by atoms with Crippen LogP contribution in [-0.2, 0) is 62.6 Å². The van der Waals surface area contributed by atoms with Crippen molar-refractivity contribution in [1.82, 2.24) is 10.3 Å². The minimum Gasteiger partial charge on any atom is -0.492 e. The molecule has 4 heterocycles. The number of aromatic nitrogens is 1. The number of carboxylic acid groups (broad SMARTS) is 1. The molecule has 63 heavy (non-hydrogen) atoms. The van der Waals surface area contributed by atoms with E-state index in [1.54, 1.807) is 11.8 Å². The number of aryl methyl sites for hydroxylation is 1. The number of terminal acetylenes is 2. The highest BCUT2D eigenvalue weighted by molar-refractivity contribution is 6.11. The van der Waals surface area contributed by atoms with E-state index in [0.717, 1.165) is 19.4 Å². The number of nitrogens with one attached hydrogen (secondary N) is 1. The van der Waals surface area contributed by atoms with Crippen molar-refractivity contribution in [3.63, 3.8) is 0 Å². The molecule has 2 N–H and O–H groups in total. The summed E-state index contributed by atoms with van der Waals surface area (Å²) < 4.78 is 81.4. The third-order valence-corrected chi connectivity index (χ3v) is 10.9. The zero-order chi connectivity index (χ0) is 46.2. The van der Waals surface area contributed by atoms with Gasteiger partial charge in [0.1, 0.15) is 38.0 Å². The highest BCUT2D eigenvalue weighted by atomic mass is 19.4. The first-order valence-corrected chi connectivity index (χ1v) is 20.0. The Balaban J connectivity index is 0.000000985. The van der Waals surface area contributed by atoms with Gasteiger partial charge in [-0.2, -0.15) is 13.2 Å². The maximum absolute atomic E-state index is 16.3. The topological polar surface area (TPSA) is 192 Å². The number of methoxy groups -OCH3 is 1. The van der Waals surface area contributed by atoms with Crippen molar-refractivity contribution in [2.24, 2.45) is 11.8 Å². The second kappa shape index (κ2) is 20.9. The first-order valence-electron chi connectivity index (χ1n) is 20.0. The van der Waals surface area contributed by atoms with E-state index >= 15 is 4.39 Å². The molecule has 3 aliphatic heterocycles. The lowest BCUT2D eigenvalue weighted by Gasteiger charge is -2.36. The molecule has 4 aliphatic rings. The average Bonchev–Trinajstić information content (AvgIpc) is 4.00. The lowest BCUT2D eigenvalue weighted by atomic mass is 9.90. The fourth-order valence-electron chi connectivity index (χ4n) is 7.53. The van der Waals surface area contributed by atoms with E-state index in [9.17, 15) is 32.3 Å². The van der Waals surface area contributed by atoms with Crippen LogP contribution in [0.3, 0.4) is 0 Å². The molecule has 1 amide bonds. The molecule has 2 aromatic rings. The summed E-state index contributed by atoms with van der Waals surface area (Å²) in [4.78, 5) is 70.8. The number of nitrogens with zero attached hydrogens (tertiary/aromatic N) is 3. The van der Waals surface area contributed by atoms with Crippen LogP contribution in [0.25, 0.3) is 0 Å². The fourth-order valence-corrected chi connectivity index (χ4v) is 7.53. The van der Waals surface area contributed by atoms with Crippen molar-refractivity contribution in [2.75, 3.05) is 49.8 Å². The highest BCUT2D eigenvalue weighted by Crippen LogP contribution is 2.50. The van der Waals surface area contributed by atoms with Crippen LogP contribution >= 0.6 is 0 Å². The first-order chi connectivity index (χ1) is 29.9. The number of amides is 1. The Hall–Kier alpha value is -5.96. The molecule has 340 valence electrons. The van der Waals surface area contributed by atoms with Gasteiger partial charge in [-0.1, -0.05) is 11.8 Å². The Kier molecular flexibility index (Phi) is 16.0. The van der Waals surface area contributed by atoms with E-state index in [1.807, 2.05) is 4.90 Å². The van der Waals surface area contributed by atoms with E-state index in [0.29, 0.717) is 48.8 Å². The molecule has 1 aliphatic carbocycles. The Bertz CT molecular complexity index is 2140. The van der Waals surface area contributed by atoms with E-state index in [2.05, 4.69) is 22.1 Å². The number of halogens is 4. The predicted molar refractivity (Wildman–Crippen MR) is 214 cm³/mol. The zero-order valence-electron chi connectivity index (χ0n) is 35.1. The van der Waals surface area contributed by atoms with Crippen LogP contribution in [0.5, 0.6) is 11.5 Å². The summed E-state index contributed by atoms with van der Waals surface area (Å²) in [5.74, 6) is -2.38. The molecular formula is C43H48F4N4O12. The van der Waals surface area contributed by atoms with Gasteiger partial charge in [0.25, 0.3) is 0 Å². The number of benzene rings is 1. The van der Waals surface area contributed by atoms with Crippen LogP contribution in [0.2, 0.25) is 0 Å². The molecule has 20 heteroatoms. The predicted octanol–water partition coefficient (Wildman–Crippen LogP) is 3.80. The number of alkyl halides is 3. The quantitative estimate of drug-likeness (QED) is 0.114. The Morgan fingerprint density at radius 1 is 0.984 bits per heavy atom. The molecule has 1 aromatic carbocycles. The summed E-state index contributed by atoms with van der Waals surface area (Å²) in [7, 11) is 1.47. The lowest BCUT2D eigenvalue weighted by molar-refractivity contribution is -0.192. The van der Waals surface area contributed by atoms with Gasteiger partial charge in [0, 0.05) is 42.5 Å². The van der Waals surface area contributed by atoms with Gasteiger partial charge in [-0.15, -0.1) is 12.8 Å². The van der Waals surface area contributed by atoms with Crippen LogP contribution < -0.4 is 24.6 Å². The first kappa shape index (κ1) is 48.1. The van der Waals surface area contributed by atoms with E-state index in [1.165, 1.54) is 33.2 Å². The summed E-state index contributed by atoms with van der Waals surface area (Å²) in [6, 6.07) is 1.44. The fraction of sp³-hybridized carbons (Fsp3) is 0.535. The number of fused-ring (bicyclic) bond motifs is 2. The number of anilines is 2. The number of esters is 3. The minimum atomic E-state index is -5.08. The number of carboxylic acids is 1. The smallest absolute Gasteiger partial charge is 0.490 e. The van der Waals surface area contributed by atoms with Gasteiger partial charge >= 0.3 is 30.1 Å². The molecule has 0 radical (unpaired) electrons. The summed E-state index contributed by atoms with van der Waals surface area (Å²) >= 11 is 0. The van der Waals surface area contributed by atoms with Crippen molar-refractivity contribution in [2.45, 2.75) is 96.6 Å². The number of ether oxygens (including phenoxy) is 6. The molecule has 2 saturated heterocycles. The second-order valence-electron chi connectivity index (χ2n) is 15.2. The molecule has 0 bridgehead atoms. The molecule has 5 unspecified atom stereocenters. The zero-order valence-corrected chi connectivity index (χ0v) is 35.1. The minimum absolute atomic E-state index is 0.0926.